The fourth-order valence-electron chi connectivity index (χ4n) is 4.52. The van der Waals surface area contributed by atoms with Gasteiger partial charge < -0.3 is 4.90 Å². The second-order valence-electron chi connectivity index (χ2n) is 8.88. The van der Waals surface area contributed by atoms with E-state index < -0.39 is 10.0 Å². The zero-order chi connectivity index (χ0) is 24.8. The molecule has 0 aliphatic rings. The number of nitrogens with zero attached hydrogens (tertiary/aromatic N) is 2. The SMILES string of the molecule is CCN(CC)CCCCN(Cc1ccc2ccccc2c1)S(=O)(=O)c1ccc2c(Cl)cccc2c1. The molecule has 0 fully saturated rings. The summed E-state index contributed by atoms with van der Waals surface area (Å²) in [6.45, 7) is 8.13. The van der Waals surface area contributed by atoms with Crippen LogP contribution in [0.3, 0.4) is 0 Å². The Morgan fingerprint density at radius 1 is 0.743 bits per heavy atom. The van der Waals surface area contributed by atoms with E-state index in [1.54, 1.807) is 22.5 Å². The van der Waals surface area contributed by atoms with Crippen LogP contribution in [0.5, 0.6) is 0 Å². The highest BCUT2D eigenvalue weighted by molar-refractivity contribution is 7.89. The van der Waals surface area contributed by atoms with Crippen LogP contribution >= 0.6 is 11.6 Å². The van der Waals surface area contributed by atoms with Gasteiger partial charge in [-0.15, -0.1) is 0 Å². The quantitative estimate of drug-likeness (QED) is 0.206. The van der Waals surface area contributed by atoms with Crippen molar-refractivity contribution in [1.82, 2.24) is 9.21 Å². The molecule has 0 amide bonds. The Labute approximate surface area is 214 Å². The van der Waals surface area contributed by atoms with Gasteiger partial charge in [0.1, 0.15) is 0 Å². The molecule has 0 unspecified atom stereocenters. The van der Waals surface area contributed by atoms with Crippen LogP contribution in [0.25, 0.3) is 21.5 Å². The summed E-state index contributed by atoms with van der Waals surface area (Å²) in [4.78, 5) is 2.67. The topological polar surface area (TPSA) is 40.6 Å². The molecule has 35 heavy (non-hydrogen) atoms. The number of sulfonamides is 1. The van der Waals surface area contributed by atoms with Crippen molar-refractivity contribution < 1.29 is 8.42 Å². The first-order chi connectivity index (χ1) is 16.9. The van der Waals surface area contributed by atoms with E-state index >= 15 is 0 Å². The zero-order valence-corrected chi connectivity index (χ0v) is 22.0. The first-order valence-corrected chi connectivity index (χ1v) is 14.1. The first-order valence-electron chi connectivity index (χ1n) is 12.3. The minimum absolute atomic E-state index is 0.303. The minimum atomic E-state index is -3.69. The fraction of sp³-hybridized carbons (Fsp3) is 0.310. The number of unbranched alkanes of at least 4 members (excludes halogenated alkanes) is 1. The maximum atomic E-state index is 13.9. The van der Waals surface area contributed by atoms with Crippen molar-refractivity contribution in [3.05, 3.63) is 89.4 Å². The molecule has 0 aromatic heterocycles. The van der Waals surface area contributed by atoms with Gasteiger partial charge in [0.15, 0.2) is 0 Å². The van der Waals surface area contributed by atoms with Gasteiger partial charge in [-0.3, -0.25) is 0 Å². The third kappa shape index (κ3) is 6.04. The monoisotopic (exact) mass is 508 g/mol. The Morgan fingerprint density at radius 2 is 1.46 bits per heavy atom. The number of fused-ring (bicyclic) bond motifs is 2. The largest absolute Gasteiger partial charge is 0.304 e. The van der Waals surface area contributed by atoms with Gasteiger partial charge in [-0.05, 0) is 78.5 Å². The van der Waals surface area contributed by atoms with Crippen molar-refractivity contribution in [2.75, 3.05) is 26.2 Å². The number of hydrogen-bond donors (Lipinski definition) is 0. The fourth-order valence-corrected chi connectivity index (χ4v) is 6.27. The molecule has 0 saturated carbocycles. The van der Waals surface area contributed by atoms with E-state index in [1.807, 2.05) is 36.4 Å². The van der Waals surface area contributed by atoms with Crippen LogP contribution in [0.4, 0.5) is 0 Å². The predicted octanol–water partition coefficient (Wildman–Crippen LogP) is 6.96. The molecule has 4 rings (SSSR count). The summed E-state index contributed by atoms with van der Waals surface area (Å²) in [5.41, 5.74) is 0.986. The molecule has 4 nitrogen and oxygen atoms in total. The summed E-state index contributed by atoms with van der Waals surface area (Å²) in [6.07, 6.45) is 1.77. The van der Waals surface area contributed by atoms with E-state index in [4.69, 9.17) is 11.6 Å². The highest BCUT2D eigenvalue weighted by Crippen LogP contribution is 2.28. The molecule has 0 atom stereocenters. The summed E-state index contributed by atoms with van der Waals surface area (Å²) < 4.78 is 29.3. The minimum Gasteiger partial charge on any atom is -0.304 e. The molecule has 0 radical (unpaired) electrons. The van der Waals surface area contributed by atoms with Gasteiger partial charge >= 0.3 is 0 Å². The van der Waals surface area contributed by atoms with E-state index in [9.17, 15) is 8.42 Å². The highest BCUT2D eigenvalue weighted by Gasteiger charge is 2.25. The molecule has 184 valence electrons. The summed E-state index contributed by atoms with van der Waals surface area (Å²) in [7, 11) is -3.69. The molecule has 4 aromatic carbocycles. The number of halogens is 1. The second kappa shape index (κ2) is 11.5. The number of benzene rings is 4. The third-order valence-corrected chi connectivity index (χ3v) is 8.81. The van der Waals surface area contributed by atoms with E-state index in [2.05, 4.69) is 43.0 Å². The number of rotatable bonds is 11. The lowest BCUT2D eigenvalue weighted by molar-refractivity contribution is 0.289. The lowest BCUT2D eigenvalue weighted by Gasteiger charge is -2.24. The van der Waals surface area contributed by atoms with E-state index in [1.165, 1.54) is 0 Å². The van der Waals surface area contributed by atoms with Crippen molar-refractivity contribution in [2.24, 2.45) is 0 Å². The molecule has 0 bridgehead atoms. The molecule has 0 N–H and O–H groups in total. The molecule has 0 aliphatic heterocycles. The Morgan fingerprint density at radius 3 is 2.23 bits per heavy atom. The standard InChI is InChI=1S/C29H33ClN2O2S/c1-3-31(4-2)18-7-8-19-32(22-23-14-15-24-10-5-6-11-25(24)20-23)35(33,34)27-16-17-28-26(21-27)12-9-13-29(28)30/h5-6,9-17,20-21H,3-4,7-8,18-19,22H2,1-2H3. The predicted molar refractivity (Wildman–Crippen MR) is 148 cm³/mol. The Hall–Kier alpha value is -2.44. The third-order valence-electron chi connectivity index (χ3n) is 6.64. The Balaban J connectivity index is 1.62. The number of hydrogen-bond acceptors (Lipinski definition) is 3. The van der Waals surface area contributed by atoms with Gasteiger partial charge in [-0.1, -0.05) is 80.0 Å². The van der Waals surface area contributed by atoms with Gasteiger partial charge in [0.2, 0.25) is 10.0 Å². The molecule has 0 saturated heterocycles. The van der Waals surface area contributed by atoms with Gasteiger partial charge in [0.25, 0.3) is 0 Å². The van der Waals surface area contributed by atoms with Crippen LogP contribution in [0.15, 0.2) is 83.8 Å². The Kier molecular flexibility index (Phi) is 8.45. The van der Waals surface area contributed by atoms with Gasteiger partial charge in [0, 0.05) is 23.5 Å². The second-order valence-corrected chi connectivity index (χ2v) is 11.2. The molecule has 0 spiro atoms. The molecule has 6 heteroatoms. The molecule has 0 heterocycles. The molecule has 0 aliphatic carbocycles. The summed E-state index contributed by atoms with van der Waals surface area (Å²) in [6, 6.07) is 25.1. The highest BCUT2D eigenvalue weighted by atomic mass is 35.5. The van der Waals surface area contributed by atoms with Gasteiger partial charge in [-0.25, -0.2) is 8.42 Å². The van der Waals surface area contributed by atoms with Gasteiger partial charge in [0.05, 0.1) is 4.90 Å². The normalized spacial score (nSPS) is 12.3. The van der Waals surface area contributed by atoms with Crippen molar-refractivity contribution in [3.63, 3.8) is 0 Å². The zero-order valence-electron chi connectivity index (χ0n) is 20.5. The molecule has 4 aromatic rings. The maximum absolute atomic E-state index is 13.9. The van der Waals surface area contributed by atoms with Gasteiger partial charge in [-0.2, -0.15) is 4.31 Å². The van der Waals surface area contributed by atoms with Crippen LogP contribution in [0.2, 0.25) is 5.02 Å². The van der Waals surface area contributed by atoms with Crippen molar-refractivity contribution in [3.8, 4) is 0 Å². The van der Waals surface area contributed by atoms with Crippen LogP contribution in [0.1, 0.15) is 32.3 Å². The lowest BCUT2D eigenvalue weighted by Crippen LogP contribution is -2.32. The maximum Gasteiger partial charge on any atom is 0.243 e. The van der Waals surface area contributed by atoms with E-state index in [-0.39, 0.29) is 0 Å². The summed E-state index contributed by atoms with van der Waals surface area (Å²) >= 11 is 6.31. The van der Waals surface area contributed by atoms with Crippen molar-refractivity contribution >= 4 is 43.2 Å². The summed E-state index contributed by atoms with van der Waals surface area (Å²) in [5, 5.41) is 4.57. The van der Waals surface area contributed by atoms with Crippen LogP contribution in [-0.2, 0) is 16.6 Å². The molecular formula is C29H33ClN2O2S. The lowest BCUT2D eigenvalue weighted by atomic mass is 10.1. The Bertz CT molecular complexity index is 1400. The van der Waals surface area contributed by atoms with E-state index in [0.717, 1.165) is 59.6 Å². The van der Waals surface area contributed by atoms with Crippen LogP contribution < -0.4 is 0 Å². The average molecular weight is 509 g/mol. The van der Waals surface area contributed by atoms with Crippen molar-refractivity contribution in [2.45, 2.75) is 38.1 Å². The van der Waals surface area contributed by atoms with E-state index in [0.29, 0.717) is 23.0 Å². The van der Waals surface area contributed by atoms with Crippen LogP contribution in [0, 0.1) is 0 Å². The van der Waals surface area contributed by atoms with Crippen molar-refractivity contribution in [1.29, 1.82) is 0 Å². The first kappa shape index (κ1) is 25.6. The average Bonchev–Trinajstić information content (AvgIpc) is 2.88. The smallest absolute Gasteiger partial charge is 0.243 e. The van der Waals surface area contributed by atoms with Crippen LogP contribution in [-0.4, -0.2) is 43.8 Å². The summed E-state index contributed by atoms with van der Waals surface area (Å²) in [5.74, 6) is 0. The molecular weight excluding hydrogens is 476 g/mol.